The molecule has 0 saturated carbocycles. The Labute approximate surface area is 76.4 Å². The Morgan fingerprint density at radius 1 is 1.54 bits per heavy atom. The summed E-state index contributed by atoms with van der Waals surface area (Å²) in [4.78, 5) is 10.5. The van der Waals surface area contributed by atoms with Gasteiger partial charge in [-0.25, -0.2) is 0 Å². The smallest absolute Gasteiger partial charge is 0.311 e. The quantitative estimate of drug-likeness (QED) is 0.752. The molecule has 0 radical (unpaired) electrons. The van der Waals surface area contributed by atoms with Crippen molar-refractivity contribution in [2.75, 3.05) is 0 Å². The third-order valence-electron chi connectivity index (χ3n) is 1.76. The molecule has 5 nitrogen and oxygen atoms in total. The Kier molecular flexibility index (Phi) is 2.65. The van der Waals surface area contributed by atoms with Crippen molar-refractivity contribution in [1.29, 1.82) is 0 Å². The summed E-state index contributed by atoms with van der Waals surface area (Å²) in [7, 11) is 0. The van der Waals surface area contributed by atoms with Crippen LogP contribution in [0, 0.1) is 6.92 Å². The second-order valence-corrected chi connectivity index (χ2v) is 3.20. The highest BCUT2D eigenvalue weighted by Gasteiger charge is 2.13. The molecule has 0 aromatic carbocycles. The van der Waals surface area contributed by atoms with Crippen molar-refractivity contribution in [2.24, 2.45) is 0 Å². The molecule has 5 heteroatoms. The van der Waals surface area contributed by atoms with Gasteiger partial charge >= 0.3 is 5.97 Å². The third kappa shape index (κ3) is 2.05. The second kappa shape index (κ2) is 3.55. The first-order valence-electron chi connectivity index (χ1n) is 4.14. The molecule has 0 atom stereocenters. The van der Waals surface area contributed by atoms with Gasteiger partial charge in [0.1, 0.15) is 18.1 Å². The summed E-state index contributed by atoms with van der Waals surface area (Å²) < 4.78 is 1.83. The van der Waals surface area contributed by atoms with Crippen LogP contribution in [0.3, 0.4) is 0 Å². The van der Waals surface area contributed by atoms with Crippen molar-refractivity contribution in [3.8, 4) is 0 Å². The average molecular weight is 183 g/mol. The van der Waals surface area contributed by atoms with Crippen LogP contribution in [0.4, 0.5) is 0 Å². The summed E-state index contributed by atoms with van der Waals surface area (Å²) in [6.45, 7) is 5.77. The topological polar surface area (TPSA) is 68.0 Å². The van der Waals surface area contributed by atoms with E-state index in [1.807, 2.05) is 25.3 Å². The van der Waals surface area contributed by atoms with Crippen LogP contribution in [-0.2, 0) is 11.2 Å². The predicted octanol–water partition coefficient (Wildman–Crippen LogP) is 0.795. The van der Waals surface area contributed by atoms with Gasteiger partial charge < -0.3 is 9.67 Å². The molecule has 13 heavy (non-hydrogen) atoms. The summed E-state index contributed by atoms with van der Waals surface area (Å²) in [5, 5.41) is 16.3. The Morgan fingerprint density at radius 3 is 2.62 bits per heavy atom. The zero-order valence-corrected chi connectivity index (χ0v) is 7.98. The number of carboxylic acid groups (broad SMARTS) is 1. The lowest BCUT2D eigenvalue weighted by Crippen LogP contribution is -2.12. The zero-order valence-electron chi connectivity index (χ0n) is 7.98. The molecule has 0 saturated heterocycles. The van der Waals surface area contributed by atoms with E-state index < -0.39 is 5.97 Å². The molecule has 0 fully saturated rings. The van der Waals surface area contributed by atoms with Gasteiger partial charge in [-0.15, -0.1) is 10.2 Å². The molecular weight excluding hydrogens is 170 g/mol. The number of aryl methyl sites for hydroxylation is 1. The first kappa shape index (κ1) is 9.70. The molecule has 1 N–H and O–H groups in total. The third-order valence-corrected chi connectivity index (χ3v) is 1.76. The number of aliphatic carboxylic acids is 1. The van der Waals surface area contributed by atoms with Crippen LogP contribution >= 0.6 is 0 Å². The van der Waals surface area contributed by atoms with E-state index >= 15 is 0 Å². The van der Waals surface area contributed by atoms with E-state index in [1.54, 1.807) is 0 Å². The van der Waals surface area contributed by atoms with E-state index in [9.17, 15) is 4.79 Å². The minimum absolute atomic E-state index is 0.0704. The number of aromatic nitrogens is 3. The summed E-state index contributed by atoms with van der Waals surface area (Å²) in [6.07, 6.45) is -0.0704. The lowest BCUT2D eigenvalue weighted by atomic mass is 10.3. The molecule has 0 aliphatic heterocycles. The first-order chi connectivity index (χ1) is 6.02. The van der Waals surface area contributed by atoms with Crippen LogP contribution in [0.15, 0.2) is 0 Å². The summed E-state index contributed by atoms with van der Waals surface area (Å²) in [5.74, 6) is 0.389. The molecule has 0 aliphatic carbocycles. The molecule has 0 bridgehead atoms. The SMILES string of the molecule is Cc1nnc(CC(=O)O)n1C(C)C. The van der Waals surface area contributed by atoms with Gasteiger partial charge in [0.2, 0.25) is 0 Å². The van der Waals surface area contributed by atoms with Crippen LogP contribution < -0.4 is 0 Å². The van der Waals surface area contributed by atoms with Crippen molar-refractivity contribution < 1.29 is 9.90 Å². The van der Waals surface area contributed by atoms with Crippen molar-refractivity contribution in [2.45, 2.75) is 33.2 Å². The number of rotatable bonds is 3. The summed E-state index contributed by atoms with van der Waals surface area (Å²) in [5.41, 5.74) is 0. The van der Waals surface area contributed by atoms with Crippen LogP contribution in [0.2, 0.25) is 0 Å². The number of carbonyl (C=O) groups is 1. The van der Waals surface area contributed by atoms with E-state index in [0.29, 0.717) is 5.82 Å². The van der Waals surface area contributed by atoms with Crippen molar-refractivity contribution in [3.05, 3.63) is 11.6 Å². The predicted molar refractivity (Wildman–Crippen MR) is 46.5 cm³/mol. The molecule has 1 aromatic rings. The van der Waals surface area contributed by atoms with E-state index in [-0.39, 0.29) is 12.5 Å². The zero-order chi connectivity index (χ0) is 10.0. The summed E-state index contributed by atoms with van der Waals surface area (Å²) >= 11 is 0. The van der Waals surface area contributed by atoms with Crippen molar-refractivity contribution in [3.63, 3.8) is 0 Å². The maximum Gasteiger partial charge on any atom is 0.311 e. The minimum Gasteiger partial charge on any atom is -0.481 e. The molecule has 1 heterocycles. The van der Waals surface area contributed by atoms with E-state index in [1.165, 1.54) is 0 Å². The monoisotopic (exact) mass is 183 g/mol. The molecule has 0 aliphatic rings. The van der Waals surface area contributed by atoms with Crippen LogP contribution in [0.25, 0.3) is 0 Å². The number of hydrogen-bond donors (Lipinski definition) is 1. The van der Waals surface area contributed by atoms with Crippen molar-refractivity contribution in [1.82, 2.24) is 14.8 Å². The van der Waals surface area contributed by atoms with Gasteiger partial charge in [-0.2, -0.15) is 0 Å². The Hall–Kier alpha value is -1.39. The minimum atomic E-state index is -0.880. The standard InChI is InChI=1S/C8H13N3O2/c1-5(2)11-6(3)9-10-7(11)4-8(12)13/h5H,4H2,1-3H3,(H,12,13). The van der Waals surface area contributed by atoms with E-state index in [2.05, 4.69) is 10.2 Å². The fraction of sp³-hybridized carbons (Fsp3) is 0.625. The van der Waals surface area contributed by atoms with E-state index in [0.717, 1.165) is 5.82 Å². The maximum atomic E-state index is 10.5. The Morgan fingerprint density at radius 2 is 2.15 bits per heavy atom. The van der Waals surface area contributed by atoms with Crippen molar-refractivity contribution >= 4 is 5.97 Å². The van der Waals surface area contributed by atoms with Gasteiger partial charge in [0.25, 0.3) is 0 Å². The average Bonchev–Trinajstić information content (AvgIpc) is 2.30. The fourth-order valence-corrected chi connectivity index (χ4v) is 1.34. The van der Waals surface area contributed by atoms with Gasteiger partial charge in [-0.3, -0.25) is 4.79 Å². The first-order valence-corrected chi connectivity index (χ1v) is 4.14. The highest BCUT2D eigenvalue weighted by molar-refractivity contribution is 5.69. The largest absolute Gasteiger partial charge is 0.481 e. The van der Waals surface area contributed by atoms with Gasteiger partial charge in [-0.1, -0.05) is 0 Å². The fourth-order valence-electron chi connectivity index (χ4n) is 1.34. The van der Waals surface area contributed by atoms with E-state index in [4.69, 9.17) is 5.11 Å². The summed E-state index contributed by atoms with van der Waals surface area (Å²) in [6, 6.07) is 0.198. The van der Waals surface area contributed by atoms with Crippen LogP contribution in [-0.4, -0.2) is 25.8 Å². The molecule has 1 rings (SSSR count). The molecule has 72 valence electrons. The Bertz CT molecular complexity index is 317. The van der Waals surface area contributed by atoms with Gasteiger partial charge in [0.05, 0.1) is 0 Å². The lowest BCUT2D eigenvalue weighted by molar-refractivity contribution is -0.136. The number of carboxylic acids is 1. The van der Waals surface area contributed by atoms with Gasteiger partial charge in [0.15, 0.2) is 0 Å². The van der Waals surface area contributed by atoms with Gasteiger partial charge in [0, 0.05) is 6.04 Å². The highest BCUT2D eigenvalue weighted by atomic mass is 16.4. The normalized spacial score (nSPS) is 10.8. The highest BCUT2D eigenvalue weighted by Crippen LogP contribution is 2.10. The van der Waals surface area contributed by atoms with Gasteiger partial charge in [-0.05, 0) is 20.8 Å². The lowest BCUT2D eigenvalue weighted by Gasteiger charge is -2.10. The Balaban J connectivity index is 3.00. The van der Waals surface area contributed by atoms with Crippen LogP contribution in [0.5, 0.6) is 0 Å². The maximum absolute atomic E-state index is 10.5. The number of nitrogens with zero attached hydrogens (tertiary/aromatic N) is 3. The molecule has 1 aromatic heterocycles. The molecular formula is C8H13N3O2. The van der Waals surface area contributed by atoms with Crippen LogP contribution in [0.1, 0.15) is 31.5 Å². The molecule has 0 unspecified atom stereocenters. The number of hydrogen-bond acceptors (Lipinski definition) is 3. The second-order valence-electron chi connectivity index (χ2n) is 3.20. The molecule has 0 spiro atoms. The molecule has 0 amide bonds.